The van der Waals surface area contributed by atoms with Crippen LogP contribution in [0.4, 0.5) is 0 Å². The van der Waals surface area contributed by atoms with E-state index in [1.54, 1.807) is 10.9 Å². The minimum absolute atomic E-state index is 0.0908. The second-order valence-electron chi connectivity index (χ2n) is 5.82. The Labute approximate surface area is 124 Å². The fourth-order valence-corrected chi connectivity index (χ4v) is 2.87. The van der Waals surface area contributed by atoms with Crippen molar-refractivity contribution in [2.45, 2.75) is 18.6 Å². The van der Waals surface area contributed by atoms with Crippen LogP contribution in [0.5, 0.6) is 0 Å². The van der Waals surface area contributed by atoms with Gasteiger partial charge in [-0.3, -0.25) is 9.48 Å². The molecule has 3 rings (SSSR count). The minimum atomic E-state index is -0.502. The quantitative estimate of drug-likeness (QED) is 0.795. The molecule has 116 valence electrons. The largest absolute Gasteiger partial charge is 0.378 e. The Morgan fingerprint density at radius 2 is 2.38 bits per heavy atom. The molecule has 0 bridgehead atoms. The van der Waals surface area contributed by atoms with E-state index < -0.39 is 5.60 Å². The average Bonchev–Trinajstić information content (AvgIpc) is 2.95. The van der Waals surface area contributed by atoms with Gasteiger partial charge in [-0.05, 0) is 6.92 Å². The van der Waals surface area contributed by atoms with Crippen molar-refractivity contribution in [2.24, 2.45) is 7.05 Å². The second-order valence-corrected chi connectivity index (χ2v) is 5.82. The molecule has 1 aromatic heterocycles. The molecule has 7 nitrogen and oxygen atoms in total. The van der Waals surface area contributed by atoms with Gasteiger partial charge < -0.3 is 19.7 Å². The zero-order valence-corrected chi connectivity index (χ0v) is 12.5. The van der Waals surface area contributed by atoms with Gasteiger partial charge in [0.2, 0.25) is 5.91 Å². The molecule has 7 heteroatoms. The highest BCUT2D eigenvalue weighted by Gasteiger charge is 2.38. The van der Waals surface area contributed by atoms with Crippen molar-refractivity contribution in [3.05, 3.63) is 18.0 Å². The summed E-state index contributed by atoms with van der Waals surface area (Å²) < 4.78 is 13.1. The first-order chi connectivity index (χ1) is 10.1. The summed E-state index contributed by atoms with van der Waals surface area (Å²) in [5.74, 6) is 0.0908. The normalized spacial score (nSPS) is 30.4. The van der Waals surface area contributed by atoms with Gasteiger partial charge in [0.1, 0.15) is 11.6 Å². The number of nitrogens with one attached hydrogen (secondary N) is 1. The Morgan fingerprint density at radius 1 is 1.52 bits per heavy atom. The van der Waals surface area contributed by atoms with E-state index in [0.717, 1.165) is 12.1 Å². The maximum Gasteiger partial charge on any atom is 0.242 e. The molecule has 2 fully saturated rings. The minimum Gasteiger partial charge on any atom is -0.378 e. The highest BCUT2D eigenvalue weighted by Crippen LogP contribution is 2.29. The third-order valence-electron chi connectivity index (χ3n) is 4.12. The van der Waals surface area contributed by atoms with Crippen LogP contribution in [0.15, 0.2) is 12.4 Å². The maximum absolute atomic E-state index is 12.6. The zero-order chi connectivity index (χ0) is 14.9. The Hall–Kier alpha value is -1.44. The molecule has 2 aliphatic heterocycles. The summed E-state index contributed by atoms with van der Waals surface area (Å²) in [6, 6.07) is -0.241. The summed E-state index contributed by atoms with van der Waals surface area (Å²) in [5.41, 5.74) is 0.493. The van der Waals surface area contributed by atoms with Crippen molar-refractivity contribution in [1.29, 1.82) is 0 Å². The number of amides is 1. The summed E-state index contributed by atoms with van der Waals surface area (Å²) >= 11 is 0. The van der Waals surface area contributed by atoms with Gasteiger partial charge in [-0.15, -0.1) is 0 Å². The van der Waals surface area contributed by atoms with Gasteiger partial charge in [-0.2, -0.15) is 5.10 Å². The predicted molar refractivity (Wildman–Crippen MR) is 75.7 cm³/mol. The summed E-state index contributed by atoms with van der Waals surface area (Å²) in [4.78, 5) is 14.4. The first-order valence-corrected chi connectivity index (χ1v) is 7.31. The molecule has 1 aromatic rings. The van der Waals surface area contributed by atoms with Crippen LogP contribution in [-0.4, -0.2) is 66.1 Å². The third-order valence-corrected chi connectivity index (χ3v) is 4.12. The third kappa shape index (κ3) is 2.95. The number of nitrogens with zero attached hydrogens (tertiary/aromatic N) is 3. The molecule has 0 spiro atoms. The molecular formula is C14H22N4O3. The highest BCUT2D eigenvalue weighted by atomic mass is 16.5. The number of aryl methyl sites for hydroxylation is 1. The Balaban J connectivity index is 1.71. The van der Waals surface area contributed by atoms with Crippen LogP contribution in [0.1, 0.15) is 12.5 Å². The van der Waals surface area contributed by atoms with Crippen molar-refractivity contribution >= 4 is 5.91 Å². The Morgan fingerprint density at radius 3 is 3.05 bits per heavy atom. The molecule has 2 saturated heterocycles. The van der Waals surface area contributed by atoms with Crippen LogP contribution in [0.25, 0.3) is 0 Å². The molecule has 0 radical (unpaired) electrons. The number of aromatic nitrogens is 2. The van der Waals surface area contributed by atoms with Crippen LogP contribution in [0, 0.1) is 0 Å². The van der Waals surface area contributed by atoms with Crippen LogP contribution in [-0.2, 0) is 26.9 Å². The van der Waals surface area contributed by atoms with Gasteiger partial charge in [0, 0.05) is 31.9 Å². The van der Waals surface area contributed by atoms with Gasteiger partial charge in [0.05, 0.1) is 32.6 Å². The van der Waals surface area contributed by atoms with Gasteiger partial charge in [-0.25, -0.2) is 0 Å². The molecule has 0 aromatic carbocycles. The molecule has 2 aliphatic rings. The molecule has 1 N–H and O–H groups in total. The van der Waals surface area contributed by atoms with Crippen molar-refractivity contribution in [2.75, 3.05) is 39.5 Å². The molecular weight excluding hydrogens is 272 g/mol. The monoisotopic (exact) mass is 294 g/mol. The maximum atomic E-state index is 12.6. The smallest absolute Gasteiger partial charge is 0.242 e. The number of morpholine rings is 2. The molecule has 1 amide bonds. The van der Waals surface area contributed by atoms with Gasteiger partial charge >= 0.3 is 0 Å². The lowest BCUT2D eigenvalue weighted by Crippen LogP contribution is -2.58. The average molecular weight is 294 g/mol. The lowest BCUT2D eigenvalue weighted by atomic mass is 9.96. The van der Waals surface area contributed by atoms with Gasteiger partial charge in [0.15, 0.2) is 0 Å². The number of rotatable bonds is 2. The molecule has 0 saturated carbocycles. The molecule has 2 atom stereocenters. The first-order valence-electron chi connectivity index (χ1n) is 7.31. The van der Waals surface area contributed by atoms with Crippen molar-refractivity contribution in [3.63, 3.8) is 0 Å². The molecule has 3 heterocycles. The Kier molecular flexibility index (Phi) is 3.97. The topological polar surface area (TPSA) is 68.6 Å². The number of hydrogen-bond acceptors (Lipinski definition) is 5. The van der Waals surface area contributed by atoms with Crippen molar-refractivity contribution in [3.8, 4) is 0 Å². The van der Waals surface area contributed by atoms with E-state index in [2.05, 4.69) is 10.4 Å². The molecule has 0 aliphatic carbocycles. The first kappa shape index (κ1) is 14.5. The number of ether oxygens (including phenoxy) is 2. The van der Waals surface area contributed by atoms with E-state index in [1.807, 2.05) is 25.1 Å². The fraction of sp³-hybridized carbons (Fsp3) is 0.714. The van der Waals surface area contributed by atoms with E-state index in [0.29, 0.717) is 32.9 Å². The van der Waals surface area contributed by atoms with E-state index >= 15 is 0 Å². The van der Waals surface area contributed by atoms with E-state index in [4.69, 9.17) is 9.47 Å². The second kappa shape index (κ2) is 5.75. The standard InChI is InChI=1S/C14H22N4O3/c1-14(11-7-16-17(2)8-11)10-18(4-6-21-14)13(19)12-9-20-5-3-15-12/h7-8,12,15H,3-6,9-10H2,1-2H3/t12-,14+/m0/s1. The number of carbonyl (C=O) groups is 1. The zero-order valence-electron chi connectivity index (χ0n) is 12.5. The van der Waals surface area contributed by atoms with E-state index in [9.17, 15) is 4.79 Å². The van der Waals surface area contributed by atoms with Crippen LogP contribution in [0.2, 0.25) is 0 Å². The number of carbonyl (C=O) groups excluding carboxylic acids is 1. The lowest BCUT2D eigenvalue weighted by Gasteiger charge is -2.41. The van der Waals surface area contributed by atoms with Crippen molar-refractivity contribution < 1.29 is 14.3 Å². The summed E-state index contributed by atoms with van der Waals surface area (Å²) in [6.45, 7) is 5.53. The van der Waals surface area contributed by atoms with Crippen LogP contribution in [0.3, 0.4) is 0 Å². The predicted octanol–water partition coefficient (Wildman–Crippen LogP) is -0.517. The fourth-order valence-electron chi connectivity index (χ4n) is 2.87. The summed E-state index contributed by atoms with van der Waals surface area (Å²) in [6.07, 6.45) is 3.74. The van der Waals surface area contributed by atoms with E-state index in [1.165, 1.54) is 0 Å². The highest BCUT2D eigenvalue weighted by molar-refractivity contribution is 5.82. The van der Waals surface area contributed by atoms with Gasteiger partial charge in [0.25, 0.3) is 0 Å². The SMILES string of the molecule is Cn1cc([C@@]2(C)CN(C(=O)[C@@H]3COCCN3)CCO2)cn1. The van der Waals surface area contributed by atoms with E-state index in [-0.39, 0.29) is 11.9 Å². The van der Waals surface area contributed by atoms with Gasteiger partial charge in [-0.1, -0.05) is 0 Å². The van der Waals surface area contributed by atoms with Crippen molar-refractivity contribution in [1.82, 2.24) is 20.0 Å². The summed E-state index contributed by atoms with van der Waals surface area (Å²) in [5, 5.41) is 7.41. The summed E-state index contributed by atoms with van der Waals surface area (Å²) in [7, 11) is 1.88. The van der Waals surface area contributed by atoms with Crippen LogP contribution >= 0.6 is 0 Å². The lowest BCUT2D eigenvalue weighted by molar-refractivity contribution is -0.154. The van der Waals surface area contributed by atoms with Crippen LogP contribution < -0.4 is 5.32 Å². The molecule has 0 unspecified atom stereocenters. The Bertz CT molecular complexity index is 512. The number of hydrogen-bond donors (Lipinski definition) is 1. The molecule has 21 heavy (non-hydrogen) atoms.